The molecule has 1 aliphatic rings. The predicted octanol–water partition coefficient (Wildman–Crippen LogP) is 1.79. The lowest BCUT2D eigenvalue weighted by Crippen LogP contribution is -2.30. The molecule has 2 rings (SSSR count). The highest BCUT2D eigenvalue weighted by Gasteiger charge is 2.24. The third kappa shape index (κ3) is 6.45. The number of unbranched alkanes of at least 4 members (excludes halogenated alkanes) is 3. The molecular weight excluding hydrogens is 326 g/mol. The summed E-state index contributed by atoms with van der Waals surface area (Å²) in [6.07, 6.45) is 8.84. The van der Waals surface area contributed by atoms with E-state index < -0.39 is 10.0 Å². The molecule has 1 aromatic heterocycles. The molecule has 0 atom stereocenters. The van der Waals surface area contributed by atoms with Gasteiger partial charge in [0.15, 0.2) is 5.96 Å². The third-order valence-electron chi connectivity index (χ3n) is 4.00. The Morgan fingerprint density at radius 2 is 1.83 bits per heavy atom. The lowest BCUT2D eigenvalue weighted by molar-refractivity contribution is 0.474. The second-order valence-corrected chi connectivity index (χ2v) is 8.05. The molecule has 24 heavy (non-hydrogen) atoms. The van der Waals surface area contributed by atoms with Crippen LogP contribution in [0.5, 0.6) is 0 Å². The molecule has 1 fully saturated rings. The molecule has 0 saturated carbocycles. The topological polar surface area (TPSA) is 101 Å². The number of nitrogens with one attached hydrogen (secondary N) is 1. The van der Waals surface area contributed by atoms with E-state index in [0.29, 0.717) is 32.0 Å². The number of guanidine groups is 1. The van der Waals surface area contributed by atoms with Crippen molar-refractivity contribution in [1.29, 1.82) is 0 Å². The van der Waals surface area contributed by atoms with Crippen molar-refractivity contribution in [2.45, 2.75) is 38.5 Å². The van der Waals surface area contributed by atoms with E-state index in [0.717, 1.165) is 37.8 Å². The van der Waals surface area contributed by atoms with Crippen LogP contribution in [0.2, 0.25) is 0 Å². The number of aromatic nitrogens is 1. The first-order valence-electron chi connectivity index (χ1n) is 8.53. The maximum Gasteiger partial charge on any atom is 0.214 e. The molecule has 0 aromatic carbocycles. The van der Waals surface area contributed by atoms with Crippen LogP contribution in [0.4, 0.5) is 5.69 Å². The van der Waals surface area contributed by atoms with Crippen molar-refractivity contribution < 1.29 is 8.42 Å². The number of nitrogens with zero attached hydrogens (tertiary/aromatic N) is 3. The molecule has 134 valence electrons. The molecule has 0 spiro atoms. The highest BCUT2D eigenvalue weighted by molar-refractivity contribution is 7.89. The van der Waals surface area contributed by atoms with Crippen LogP contribution in [0.3, 0.4) is 0 Å². The zero-order chi connectivity index (χ0) is 17.3. The van der Waals surface area contributed by atoms with E-state index in [4.69, 9.17) is 5.73 Å². The summed E-state index contributed by atoms with van der Waals surface area (Å²) in [4.78, 5) is 8.20. The van der Waals surface area contributed by atoms with Gasteiger partial charge in [-0.3, -0.25) is 9.98 Å². The zero-order valence-electron chi connectivity index (χ0n) is 14.0. The monoisotopic (exact) mass is 353 g/mol. The van der Waals surface area contributed by atoms with Gasteiger partial charge < -0.3 is 11.1 Å². The molecule has 7 nitrogen and oxygen atoms in total. The van der Waals surface area contributed by atoms with Crippen molar-refractivity contribution in [3.05, 3.63) is 24.5 Å². The van der Waals surface area contributed by atoms with E-state index in [1.54, 1.807) is 16.7 Å². The Kier molecular flexibility index (Phi) is 7.45. The van der Waals surface area contributed by atoms with Gasteiger partial charge in [-0.2, -0.15) is 0 Å². The average Bonchev–Trinajstić information content (AvgIpc) is 3.10. The van der Waals surface area contributed by atoms with Crippen molar-refractivity contribution in [2.75, 3.05) is 30.7 Å². The van der Waals surface area contributed by atoms with Crippen LogP contribution in [-0.4, -0.2) is 49.1 Å². The van der Waals surface area contributed by atoms with E-state index >= 15 is 0 Å². The molecule has 8 heteroatoms. The van der Waals surface area contributed by atoms with Gasteiger partial charge in [-0.05, 0) is 37.8 Å². The van der Waals surface area contributed by atoms with Crippen molar-refractivity contribution in [3.63, 3.8) is 0 Å². The Balaban J connectivity index is 1.55. The molecule has 0 amide bonds. The number of anilines is 1. The summed E-state index contributed by atoms with van der Waals surface area (Å²) >= 11 is 0. The molecule has 3 N–H and O–H groups in total. The van der Waals surface area contributed by atoms with E-state index in [1.807, 2.05) is 12.1 Å². The van der Waals surface area contributed by atoms with Gasteiger partial charge in [0.25, 0.3) is 0 Å². The second kappa shape index (κ2) is 9.58. The smallest absolute Gasteiger partial charge is 0.214 e. The molecule has 2 heterocycles. The zero-order valence-corrected chi connectivity index (χ0v) is 14.8. The first-order chi connectivity index (χ1) is 11.6. The molecule has 1 saturated heterocycles. The van der Waals surface area contributed by atoms with Crippen LogP contribution in [0.15, 0.2) is 29.5 Å². The minimum atomic E-state index is -3.03. The van der Waals surface area contributed by atoms with Crippen molar-refractivity contribution in [1.82, 2.24) is 9.29 Å². The first kappa shape index (κ1) is 18.7. The van der Waals surface area contributed by atoms with E-state index in [9.17, 15) is 8.42 Å². The number of sulfonamides is 1. The number of aliphatic imine (C=N–C) groups is 1. The SMILES string of the molecule is NC(=NCCCCCCS(=O)(=O)N1CCCC1)Nc1ccncc1. The molecule has 0 aliphatic carbocycles. The Labute approximate surface area is 144 Å². The average molecular weight is 353 g/mol. The normalized spacial score (nSPS) is 16.4. The summed E-state index contributed by atoms with van der Waals surface area (Å²) in [5, 5.41) is 3.00. The number of pyridine rings is 1. The van der Waals surface area contributed by atoms with Crippen molar-refractivity contribution in [2.24, 2.45) is 10.7 Å². The van der Waals surface area contributed by atoms with Crippen LogP contribution in [0.25, 0.3) is 0 Å². The van der Waals surface area contributed by atoms with Gasteiger partial charge in [0, 0.05) is 37.7 Å². The maximum atomic E-state index is 12.1. The molecule has 0 bridgehead atoms. The van der Waals surface area contributed by atoms with Crippen LogP contribution < -0.4 is 11.1 Å². The fraction of sp³-hybridized carbons (Fsp3) is 0.625. The lowest BCUT2D eigenvalue weighted by atomic mass is 10.2. The Morgan fingerprint density at radius 3 is 2.54 bits per heavy atom. The second-order valence-electron chi connectivity index (χ2n) is 5.96. The lowest BCUT2D eigenvalue weighted by Gasteiger charge is -2.14. The van der Waals surface area contributed by atoms with Crippen LogP contribution in [0.1, 0.15) is 38.5 Å². The standard InChI is InChI=1S/C16H27N5O2S/c17-16(20-15-7-10-18-11-8-15)19-9-3-1-2-6-14-24(22,23)21-12-4-5-13-21/h7-8,10-11H,1-6,9,12-14H2,(H3,17,18,19,20). The number of rotatable bonds is 9. The summed E-state index contributed by atoms with van der Waals surface area (Å²) in [5.74, 6) is 0.653. The Bertz CT molecular complexity index is 613. The highest BCUT2D eigenvalue weighted by Crippen LogP contribution is 2.14. The maximum absolute atomic E-state index is 12.1. The molecule has 0 radical (unpaired) electrons. The summed E-state index contributed by atoms with van der Waals surface area (Å²) in [6.45, 7) is 2.03. The molecule has 1 aliphatic heterocycles. The van der Waals surface area contributed by atoms with Gasteiger partial charge in [0.2, 0.25) is 10.0 Å². The van der Waals surface area contributed by atoms with Gasteiger partial charge in [-0.25, -0.2) is 12.7 Å². The summed E-state index contributed by atoms with van der Waals surface area (Å²) < 4.78 is 25.7. The Hall–Kier alpha value is -1.67. The van der Waals surface area contributed by atoms with Crippen LogP contribution in [-0.2, 0) is 10.0 Å². The van der Waals surface area contributed by atoms with Crippen LogP contribution >= 0.6 is 0 Å². The van der Waals surface area contributed by atoms with Crippen molar-refractivity contribution in [3.8, 4) is 0 Å². The summed E-state index contributed by atoms with van der Waals surface area (Å²) in [6, 6.07) is 3.65. The van der Waals surface area contributed by atoms with E-state index in [2.05, 4.69) is 15.3 Å². The van der Waals surface area contributed by atoms with E-state index in [-0.39, 0.29) is 5.75 Å². The summed E-state index contributed by atoms with van der Waals surface area (Å²) in [7, 11) is -3.03. The highest BCUT2D eigenvalue weighted by atomic mass is 32.2. The first-order valence-corrected chi connectivity index (χ1v) is 10.1. The Morgan fingerprint density at radius 1 is 1.17 bits per heavy atom. The minimum absolute atomic E-state index is 0.266. The van der Waals surface area contributed by atoms with Gasteiger partial charge >= 0.3 is 0 Å². The molecular formula is C16H27N5O2S. The fourth-order valence-corrected chi connectivity index (χ4v) is 4.31. The van der Waals surface area contributed by atoms with E-state index in [1.165, 1.54) is 0 Å². The predicted molar refractivity (Wildman–Crippen MR) is 97.4 cm³/mol. The molecule has 1 aromatic rings. The third-order valence-corrected chi connectivity index (χ3v) is 5.96. The number of nitrogens with two attached hydrogens (primary N) is 1. The van der Waals surface area contributed by atoms with Gasteiger partial charge in [-0.1, -0.05) is 12.8 Å². The van der Waals surface area contributed by atoms with Crippen molar-refractivity contribution >= 4 is 21.7 Å². The quantitative estimate of drug-likeness (QED) is 0.400. The summed E-state index contributed by atoms with van der Waals surface area (Å²) in [5.41, 5.74) is 6.67. The molecule has 0 unspecified atom stereocenters. The largest absolute Gasteiger partial charge is 0.370 e. The minimum Gasteiger partial charge on any atom is -0.370 e. The number of hydrogen-bond acceptors (Lipinski definition) is 4. The van der Waals surface area contributed by atoms with Crippen LogP contribution in [0, 0.1) is 0 Å². The fourth-order valence-electron chi connectivity index (χ4n) is 2.67. The van der Waals surface area contributed by atoms with Gasteiger partial charge in [0.1, 0.15) is 0 Å². The van der Waals surface area contributed by atoms with Gasteiger partial charge in [0.05, 0.1) is 5.75 Å². The van der Waals surface area contributed by atoms with Gasteiger partial charge in [-0.15, -0.1) is 0 Å². The number of hydrogen-bond donors (Lipinski definition) is 2.